The Morgan fingerprint density at radius 3 is 2.67 bits per heavy atom. The Bertz CT molecular complexity index is 1620. The van der Waals surface area contributed by atoms with Crippen molar-refractivity contribution in [2.24, 2.45) is 0 Å². The van der Waals surface area contributed by atoms with Gasteiger partial charge in [-0.3, -0.25) is 4.79 Å². The second kappa shape index (κ2) is 13.5. The van der Waals surface area contributed by atoms with E-state index in [1.807, 2.05) is 18.2 Å². The van der Waals surface area contributed by atoms with Crippen LogP contribution >= 0.6 is 21.6 Å². The molecule has 7 rings (SSSR count). The number of methoxy groups -OCH3 is 1. The number of nitrogens with one attached hydrogen (secondary N) is 1. The van der Waals surface area contributed by atoms with Crippen LogP contribution in [0.25, 0.3) is 11.1 Å². The van der Waals surface area contributed by atoms with Crippen LogP contribution in [0.3, 0.4) is 0 Å². The number of ether oxygens (including phenoxy) is 4. The van der Waals surface area contributed by atoms with Crippen molar-refractivity contribution >= 4 is 27.6 Å². The number of rotatable bonds is 8. The molecule has 1 fully saturated rings. The number of carbonyl (C=O) groups excluding carboxylic acids is 1. The molecule has 0 radical (unpaired) electrons. The molecule has 10 heteroatoms. The summed E-state index contributed by atoms with van der Waals surface area (Å²) in [7, 11) is 5.19. The third-order valence-electron chi connectivity index (χ3n) is 9.73. The van der Waals surface area contributed by atoms with Crippen molar-refractivity contribution in [2.75, 3.05) is 32.6 Å². The molecule has 3 atom stereocenters. The minimum absolute atomic E-state index is 0.116. The molecule has 8 nitrogen and oxygen atoms in total. The molecular formula is C36H41NO7S2. The number of phenols is 2. The molecule has 3 aromatic rings. The van der Waals surface area contributed by atoms with E-state index in [-0.39, 0.29) is 35.9 Å². The van der Waals surface area contributed by atoms with Crippen molar-refractivity contribution in [3.8, 4) is 39.9 Å². The summed E-state index contributed by atoms with van der Waals surface area (Å²) in [5.74, 6) is 3.26. The van der Waals surface area contributed by atoms with E-state index in [2.05, 4.69) is 17.4 Å². The fourth-order valence-corrected chi connectivity index (χ4v) is 10.0. The maximum atomic E-state index is 12.1. The molecule has 0 spiro atoms. The molecular weight excluding hydrogens is 623 g/mol. The van der Waals surface area contributed by atoms with Crippen molar-refractivity contribution in [2.45, 2.75) is 75.2 Å². The summed E-state index contributed by atoms with van der Waals surface area (Å²) in [6, 6.07) is 12.0. The van der Waals surface area contributed by atoms with E-state index in [0.29, 0.717) is 36.4 Å². The maximum Gasteiger partial charge on any atom is 0.302 e. The van der Waals surface area contributed by atoms with Gasteiger partial charge in [-0.05, 0) is 54.2 Å². The average molecular weight is 664 g/mol. The van der Waals surface area contributed by atoms with Crippen LogP contribution < -0.4 is 19.5 Å². The van der Waals surface area contributed by atoms with Crippen LogP contribution in [-0.4, -0.2) is 54.8 Å². The first-order valence-corrected chi connectivity index (χ1v) is 18.7. The van der Waals surface area contributed by atoms with Gasteiger partial charge in [0, 0.05) is 65.3 Å². The lowest BCUT2D eigenvalue weighted by Crippen LogP contribution is -2.34. The van der Waals surface area contributed by atoms with E-state index in [4.69, 9.17) is 18.9 Å². The molecule has 46 heavy (non-hydrogen) atoms. The first-order chi connectivity index (χ1) is 22.4. The van der Waals surface area contributed by atoms with Gasteiger partial charge in [-0.25, -0.2) is 0 Å². The SMILES string of the molecule is COc1cc(O)cc2c1-c1ccc3c4c1C(CSSCc1cc(O)c(OCCNC5CCCCC5)cc1C(O4)C3COC(C)=O)C2. The van der Waals surface area contributed by atoms with Gasteiger partial charge in [-0.15, -0.1) is 0 Å². The van der Waals surface area contributed by atoms with E-state index in [9.17, 15) is 15.0 Å². The minimum Gasteiger partial charge on any atom is -0.508 e. The third-order valence-corrected chi connectivity index (χ3v) is 12.1. The highest BCUT2D eigenvalue weighted by molar-refractivity contribution is 8.76. The quantitative estimate of drug-likeness (QED) is 0.128. The predicted octanol–water partition coefficient (Wildman–Crippen LogP) is 7.39. The van der Waals surface area contributed by atoms with Crippen molar-refractivity contribution in [1.29, 1.82) is 0 Å². The number of esters is 1. The standard InChI is InChI=1S/C36H41NO7S2/c1-20(38)43-17-29-26-8-9-27-33-21(13-25(39)15-32(33)41-2)12-23-19-46-45-18-22-14-30(40)31(16-28(22)35(29)44-36(26)34(23)27)42-11-10-37-24-6-4-3-5-7-24/h8-9,13-16,23-24,29,35,37,39-40H,3-7,10-12,17-19H2,1-2H3. The molecule has 3 unspecified atom stereocenters. The molecule has 2 heterocycles. The smallest absolute Gasteiger partial charge is 0.302 e. The number of phenolic OH excluding ortho intramolecular Hbond substituents is 2. The Morgan fingerprint density at radius 2 is 1.87 bits per heavy atom. The largest absolute Gasteiger partial charge is 0.508 e. The van der Waals surface area contributed by atoms with E-state index in [1.165, 1.54) is 39.0 Å². The summed E-state index contributed by atoms with van der Waals surface area (Å²) in [5, 5.41) is 25.2. The maximum absolute atomic E-state index is 12.1. The number of hydrogen-bond donors (Lipinski definition) is 3. The number of aromatic hydroxyl groups is 2. The summed E-state index contributed by atoms with van der Waals surface area (Å²) < 4.78 is 24.6. The topological polar surface area (TPSA) is 106 Å². The normalized spacial score (nSPS) is 21.7. The summed E-state index contributed by atoms with van der Waals surface area (Å²) in [4.78, 5) is 12.1. The third kappa shape index (κ3) is 6.11. The van der Waals surface area contributed by atoms with Gasteiger partial charge < -0.3 is 34.5 Å². The van der Waals surface area contributed by atoms with Crippen LogP contribution in [0.2, 0.25) is 0 Å². The van der Waals surface area contributed by atoms with Gasteiger partial charge in [0.25, 0.3) is 0 Å². The van der Waals surface area contributed by atoms with Crippen LogP contribution in [0, 0.1) is 0 Å². The molecule has 3 aromatic carbocycles. The molecule has 244 valence electrons. The number of fused-ring (bicyclic) bond motifs is 5. The van der Waals surface area contributed by atoms with Gasteiger partial charge in [0.2, 0.25) is 0 Å². The molecule has 0 saturated heterocycles. The molecule has 1 saturated carbocycles. The zero-order valence-corrected chi connectivity index (χ0v) is 27.9. The van der Waals surface area contributed by atoms with E-state index in [1.54, 1.807) is 34.8 Å². The van der Waals surface area contributed by atoms with Gasteiger partial charge in [-0.1, -0.05) is 53.0 Å². The Balaban J connectivity index is 1.27. The van der Waals surface area contributed by atoms with Gasteiger partial charge in [0.1, 0.15) is 36.6 Å². The van der Waals surface area contributed by atoms with Gasteiger partial charge in [0.15, 0.2) is 11.5 Å². The lowest BCUT2D eigenvalue weighted by Gasteiger charge is -2.30. The number of benzene rings is 3. The summed E-state index contributed by atoms with van der Waals surface area (Å²) in [6.45, 7) is 2.76. The van der Waals surface area contributed by atoms with Crippen molar-refractivity contribution in [1.82, 2.24) is 5.32 Å². The Hall–Kier alpha value is -3.21. The Morgan fingerprint density at radius 1 is 1.02 bits per heavy atom. The predicted molar refractivity (Wildman–Crippen MR) is 182 cm³/mol. The molecule has 2 bridgehead atoms. The number of carbonyl (C=O) groups is 1. The van der Waals surface area contributed by atoms with Gasteiger partial charge in [0.05, 0.1) is 13.0 Å². The lowest BCUT2D eigenvalue weighted by molar-refractivity contribution is -0.141. The lowest BCUT2D eigenvalue weighted by atomic mass is 9.77. The first-order valence-electron chi connectivity index (χ1n) is 16.2. The molecule has 0 amide bonds. The van der Waals surface area contributed by atoms with Crippen molar-refractivity contribution in [3.05, 3.63) is 64.2 Å². The Kier molecular flexibility index (Phi) is 9.21. The fourth-order valence-electron chi connectivity index (χ4n) is 7.59. The zero-order chi connectivity index (χ0) is 31.8. The molecule has 3 N–H and O–H groups in total. The number of hydrogen-bond acceptors (Lipinski definition) is 10. The highest BCUT2D eigenvalue weighted by Crippen LogP contribution is 2.58. The van der Waals surface area contributed by atoms with Gasteiger partial charge >= 0.3 is 5.97 Å². The minimum atomic E-state index is -0.438. The van der Waals surface area contributed by atoms with Crippen LogP contribution in [0.4, 0.5) is 0 Å². The molecule has 2 aliphatic carbocycles. The van der Waals surface area contributed by atoms with E-state index in [0.717, 1.165) is 56.9 Å². The zero-order valence-electron chi connectivity index (χ0n) is 26.3. The molecule has 4 aliphatic rings. The van der Waals surface area contributed by atoms with E-state index < -0.39 is 6.10 Å². The monoisotopic (exact) mass is 663 g/mol. The fraction of sp³-hybridized carbons (Fsp3) is 0.472. The summed E-state index contributed by atoms with van der Waals surface area (Å²) in [5.41, 5.74) is 7.11. The van der Waals surface area contributed by atoms with Crippen molar-refractivity contribution < 1.29 is 34.0 Å². The highest BCUT2D eigenvalue weighted by Gasteiger charge is 2.43. The van der Waals surface area contributed by atoms with Crippen LogP contribution in [0.5, 0.6) is 28.7 Å². The van der Waals surface area contributed by atoms with Crippen LogP contribution in [0.15, 0.2) is 36.4 Å². The summed E-state index contributed by atoms with van der Waals surface area (Å²) in [6.07, 6.45) is 6.56. The van der Waals surface area contributed by atoms with E-state index >= 15 is 0 Å². The average Bonchev–Trinajstić information content (AvgIpc) is 3.41. The second-order valence-electron chi connectivity index (χ2n) is 12.7. The Labute approximate surface area is 277 Å². The van der Waals surface area contributed by atoms with Crippen LogP contribution in [0.1, 0.15) is 84.8 Å². The molecule has 2 aliphatic heterocycles. The highest BCUT2D eigenvalue weighted by atomic mass is 33.1. The molecule has 0 aromatic heterocycles. The van der Waals surface area contributed by atoms with Crippen molar-refractivity contribution in [3.63, 3.8) is 0 Å². The second-order valence-corrected chi connectivity index (χ2v) is 15.2. The van der Waals surface area contributed by atoms with Crippen LogP contribution in [-0.2, 0) is 21.7 Å². The summed E-state index contributed by atoms with van der Waals surface area (Å²) >= 11 is 0. The van der Waals surface area contributed by atoms with Gasteiger partial charge in [-0.2, -0.15) is 0 Å². The first kappa shape index (κ1) is 31.4.